The molecular weight excluding hydrogens is 164 g/mol. The molecule has 66 valence electrons. The first-order chi connectivity index (χ1) is 5.59. The third kappa shape index (κ3) is 2.01. The van der Waals surface area contributed by atoms with Gasteiger partial charge in [-0.15, -0.1) is 0 Å². The first-order valence-electron chi connectivity index (χ1n) is 3.14. The number of aromatic hydroxyl groups is 2. The second-order valence-corrected chi connectivity index (χ2v) is 2.10. The third-order valence-electron chi connectivity index (χ3n) is 1.18. The Labute approximate surface area is 68.1 Å². The predicted octanol–water partition coefficient (Wildman–Crippen LogP) is -0.255. The third-order valence-corrected chi connectivity index (χ3v) is 1.18. The van der Waals surface area contributed by atoms with Crippen LogP contribution in [0.25, 0.3) is 0 Å². The van der Waals surface area contributed by atoms with E-state index in [2.05, 4.69) is 4.74 Å². The molecule has 0 radical (unpaired) electrons. The van der Waals surface area contributed by atoms with Crippen molar-refractivity contribution < 1.29 is 25.2 Å². The highest BCUT2D eigenvalue weighted by atomic mass is 16.7. The Bertz CT molecular complexity index is 270. The highest BCUT2D eigenvalue weighted by Crippen LogP contribution is 2.29. The Balaban J connectivity index is 2.90. The second kappa shape index (κ2) is 3.29. The Morgan fingerprint density at radius 2 is 1.83 bits per heavy atom. The number of ether oxygens (including phenoxy) is 1. The van der Waals surface area contributed by atoms with E-state index in [4.69, 9.17) is 20.4 Å². The zero-order valence-corrected chi connectivity index (χ0v) is 6.01. The molecule has 5 heteroatoms. The number of aliphatic hydroxyl groups excluding tert-OH is 1. The van der Waals surface area contributed by atoms with Crippen LogP contribution in [0.1, 0.15) is 0 Å². The lowest BCUT2D eigenvalue weighted by molar-refractivity contribution is -0.180. The monoisotopic (exact) mass is 172 g/mol. The number of phenols is 2. The minimum atomic E-state index is -2.02. The van der Waals surface area contributed by atoms with Crippen molar-refractivity contribution in [3.05, 3.63) is 18.2 Å². The second-order valence-electron chi connectivity index (χ2n) is 2.10. The molecule has 1 aromatic rings. The van der Waals surface area contributed by atoms with Crippen molar-refractivity contribution in [1.82, 2.24) is 0 Å². The van der Waals surface area contributed by atoms with Crippen molar-refractivity contribution in [2.24, 2.45) is 0 Å². The molecule has 5 nitrogen and oxygen atoms in total. The van der Waals surface area contributed by atoms with Gasteiger partial charge in [0.2, 0.25) is 0 Å². The maximum atomic E-state index is 9.03. The molecule has 1 aromatic carbocycles. The van der Waals surface area contributed by atoms with Crippen LogP contribution in [0.5, 0.6) is 17.2 Å². The van der Waals surface area contributed by atoms with Gasteiger partial charge in [-0.1, -0.05) is 0 Å². The van der Waals surface area contributed by atoms with Crippen molar-refractivity contribution in [3.63, 3.8) is 0 Å². The van der Waals surface area contributed by atoms with Gasteiger partial charge < -0.3 is 25.2 Å². The van der Waals surface area contributed by atoms with Crippen LogP contribution in [0.15, 0.2) is 18.2 Å². The molecule has 0 amide bonds. The molecule has 0 aliphatic carbocycles. The van der Waals surface area contributed by atoms with Gasteiger partial charge in [-0.05, 0) is 12.1 Å². The largest absolute Gasteiger partial charge is 0.508 e. The summed E-state index contributed by atoms with van der Waals surface area (Å²) in [6.07, 6.45) is 0. The van der Waals surface area contributed by atoms with Crippen molar-refractivity contribution in [2.75, 3.05) is 0 Å². The molecule has 0 heterocycles. The Kier molecular flexibility index (Phi) is 2.37. The molecule has 0 atom stereocenters. The van der Waals surface area contributed by atoms with Crippen LogP contribution in [0.3, 0.4) is 0 Å². The highest BCUT2D eigenvalue weighted by molar-refractivity contribution is 5.43. The quantitative estimate of drug-likeness (QED) is 0.364. The summed E-state index contributed by atoms with van der Waals surface area (Å²) in [5, 5.41) is 34.6. The van der Waals surface area contributed by atoms with Crippen molar-refractivity contribution >= 4 is 0 Å². The number of aliphatic hydroxyl groups is 2. The zero-order valence-electron chi connectivity index (χ0n) is 6.01. The molecule has 12 heavy (non-hydrogen) atoms. The fourth-order valence-corrected chi connectivity index (χ4v) is 0.711. The SMILES string of the molecule is Oc1ccc(O)c(OC(O)O)c1. The maximum absolute atomic E-state index is 9.03. The number of benzene rings is 1. The van der Waals surface area contributed by atoms with E-state index in [-0.39, 0.29) is 17.2 Å². The molecule has 0 aliphatic rings. The van der Waals surface area contributed by atoms with Crippen molar-refractivity contribution in [2.45, 2.75) is 6.48 Å². The Morgan fingerprint density at radius 3 is 2.42 bits per heavy atom. The zero-order chi connectivity index (χ0) is 9.14. The number of hydrogen-bond donors (Lipinski definition) is 4. The van der Waals surface area contributed by atoms with E-state index < -0.39 is 6.48 Å². The smallest absolute Gasteiger partial charge is 0.310 e. The van der Waals surface area contributed by atoms with Gasteiger partial charge in [0.15, 0.2) is 11.5 Å². The molecule has 0 unspecified atom stereocenters. The van der Waals surface area contributed by atoms with Gasteiger partial charge in [0.05, 0.1) is 0 Å². The van der Waals surface area contributed by atoms with Crippen molar-refractivity contribution in [1.29, 1.82) is 0 Å². The number of phenolic OH excluding ortho intramolecular Hbond substituents is 2. The van der Waals surface area contributed by atoms with Gasteiger partial charge in [-0.2, -0.15) is 0 Å². The fraction of sp³-hybridized carbons (Fsp3) is 0.143. The van der Waals surface area contributed by atoms with Crippen LogP contribution in [-0.2, 0) is 0 Å². The molecule has 0 spiro atoms. The summed E-state index contributed by atoms with van der Waals surface area (Å²) in [5.41, 5.74) is 0. The van der Waals surface area contributed by atoms with Crippen LogP contribution in [0, 0.1) is 0 Å². The van der Waals surface area contributed by atoms with Crippen LogP contribution in [-0.4, -0.2) is 26.9 Å². The highest BCUT2D eigenvalue weighted by Gasteiger charge is 2.06. The van der Waals surface area contributed by atoms with Gasteiger partial charge in [-0.3, -0.25) is 0 Å². The van der Waals surface area contributed by atoms with E-state index in [1.807, 2.05) is 0 Å². The summed E-state index contributed by atoms with van der Waals surface area (Å²) in [4.78, 5) is 0. The van der Waals surface area contributed by atoms with E-state index in [1.165, 1.54) is 12.1 Å². The first-order valence-corrected chi connectivity index (χ1v) is 3.14. The van der Waals surface area contributed by atoms with Crippen LogP contribution in [0.4, 0.5) is 0 Å². The van der Waals surface area contributed by atoms with E-state index in [1.54, 1.807) is 0 Å². The molecule has 4 N–H and O–H groups in total. The standard InChI is InChI=1S/C7H8O5/c8-4-1-2-5(9)6(3-4)12-7(10)11/h1-3,7-11H. The van der Waals surface area contributed by atoms with Crippen molar-refractivity contribution in [3.8, 4) is 17.2 Å². The normalized spacial score (nSPS) is 10.2. The fourth-order valence-electron chi connectivity index (χ4n) is 0.711. The summed E-state index contributed by atoms with van der Waals surface area (Å²) in [6, 6.07) is 3.48. The van der Waals surface area contributed by atoms with Gasteiger partial charge in [0.1, 0.15) is 5.75 Å². The predicted molar refractivity (Wildman–Crippen MR) is 38.6 cm³/mol. The number of rotatable bonds is 2. The average Bonchev–Trinajstić information content (AvgIpc) is 1.96. The van der Waals surface area contributed by atoms with Gasteiger partial charge in [0.25, 0.3) is 0 Å². The summed E-state index contributed by atoms with van der Waals surface area (Å²) >= 11 is 0. The summed E-state index contributed by atoms with van der Waals surface area (Å²) in [6.45, 7) is -2.02. The van der Waals surface area contributed by atoms with E-state index in [0.717, 1.165) is 6.07 Å². The Morgan fingerprint density at radius 1 is 1.17 bits per heavy atom. The Hall–Kier alpha value is -1.46. The molecule has 0 fully saturated rings. The minimum Gasteiger partial charge on any atom is -0.508 e. The van der Waals surface area contributed by atoms with Crippen LogP contribution >= 0.6 is 0 Å². The molecule has 0 aromatic heterocycles. The average molecular weight is 172 g/mol. The van der Waals surface area contributed by atoms with E-state index in [9.17, 15) is 0 Å². The first kappa shape index (κ1) is 8.63. The molecule has 0 saturated carbocycles. The van der Waals surface area contributed by atoms with Crippen LogP contribution < -0.4 is 4.74 Å². The lowest BCUT2D eigenvalue weighted by atomic mass is 10.3. The lowest BCUT2D eigenvalue weighted by Gasteiger charge is -2.08. The van der Waals surface area contributed by atoms with Gasteiger partial charge in [-0.25, -0.2) is 0 Å². The van der Waals surface area contributed by atoms with Gasteiger partial charge >= 0.3 is 6.48 Å². The summed E-state index contributed by atoms with van der Waals surface area (Å²) in [7, 11) is 0. The molecule has 0 bridgehead atoms. The summed E-state index contributed by atoms with van der Waals surface area (Å²) < 4.78 is 4.33. The molecule has 0 aliphatic heterocycles. The van der Waals surface area contributed by atoms with Gasteiger partial charge in [0, 0.05) is 6.07 Å². The number of hydrogen-bond acceptors (Lipinski definition) is 5. The molecular formula is C7H8O5. The lowest BCUT2D eigenvalue weighted by Crippen LogP contribution is -2.13. The minimum absolute atomic E-state index is 0.136. The maximum Gasteiger partial charge on any atom is 0.310 e. The van der Waals surface area contributed by atoms with E-state index in [0.29, 0.717) is 0 Å². The van der Waals surface area contributed by atoms with Crippen LogP contribution in [0.2, 0.25) is 0 Å². The van der Waals surface area contributed by atoms with E-state index >= 15 is 0 Å². The topological polar surface area (TPSA) is 90.2 Å². The molecule has 1 rings (SSSR count). The summed E-state index contributed by atoms with van der Waals surface area (Å²) in [5.74, 6) is -0.602. The molecule has 0 saturated heterocycles.